The summed E-state index contributed by atoms with van der Waals surface area (Å²) in [4.78, 5) is 0.197. The van der Waals surface area contributed by atoms with Crippen LogP contribution in [0.15, 0.2) is 27.9 Å². The van der Waals surface area contributed by atoms with Gasteiger partial charge in [0.25, 0.3) is 0 Å². The van der Waals surface area contributed by atoms with Gasteiger partial charge in [0.05, 0.1) is 30.0 Å². The van der Waals surface area contributed by atoms with Crippen LogP contribution >= 0.6 is 0 Å². The number of aryl methyl sites for hydroxylation is 2. The maximum atomic E-state index is 12.3. The molecule has 7 nitrogen and oxygen atoms in total. The molecule has 2 aromatic heterocycles. The van der Waals surface area contributed by atoms with Crippen molar-refractivity contribution in [3.8, 4) is 0 Å². The van der Waals surface area contributed by atoms with E-state index in [1.54, 1.807) is 27.0 Å². The second kappa shape index (κ2) is 6.00. The summed E-state index contributed by atoms with van der Waals surface area (Å²) in [5.41, 5.74) is 1.66. The van der Waals surface area contributed by atoms with Gasteiger partial charge in [-0.2, -0.15) is 5.10 Å². The van der Waals surface area contributed by atoms with E-state index in [1.807, 2.05) is 0 Å². The highest BCUT2D eigenvalue weighted by Crippen LogP contribution is 2.19. The molecule has 1 atom stereocenters. The third-order valence-electron chi connectivity index (χ3n) is 3.35. The van der Waals surface area contributed by atoms with E-state index in [4.69, 9.17) is 4.42 Å². The number of sulfonamides is 1. The van der Waals surface area contributed by atoms with Crippen LogP contribution in [0.4, 0.5) is 0 Å². The van der Waals surface area contributed by atoms with Crippen molar-refractivity contribution in [3.63, 3.8) is 0 Å². The van der Waals surface area contributed by atoms with E-state index < -0.39 is 16.1 Å². The molecule has 1 unspecified atom stereocenters. The zero-order chi connectivity index (χ0) is 15.6. The second-order valence-electron chi connectivity index (χ2n) is 4.88. The molecule has 21 heavy (non-hydrogen) atoms. The molecule has 8 heteroatoms. The maximum absolute atomic E-state index is 12.3. The highest BCUT2D eigenvalue weighted by atomic mass is 32.2. The average Bonchev–Trinajstić information content (AvgIpc) is 2.98. The van der Waals surface area contributed by atoms with Crippen LogP contribution in [0.1, 0.15) is 29.5 Å². The largest absolute Gasteiger partial charge is 0.472 e. The van der Waals surface area contributed by atoms with Gasteiger partial charge in [-0.25, -0.2) is 13.1 Å². The third-order valence-corrected chi connectivity index (χ3v) is 5.06. The first-order valence-electron chi connectivity index (χ1n) is 6.53. The molecule has 0 aliphatic carbocycles. The topological polar surface area (TPSA) is 97.4 Å². The van der Waals surface area contributed by atoms with Gasteiger partial charge in [0.1, 0.15) is 4.90 Å². The lowest BCUT2D eigenvalue weighted by atomic mass is 10.1. The zero-order valence-electron chi connectivity index (χ0n) is 12.2. The predicted octanol–water partition coefficient (Wildman–Crippen LogP) is 1.03. The number of aliphatic hydroxyl groups excluding tert-OH is 1. The molecule has 2 rings (SSSR count). The fourth-order valence-electron chi connectivity index (χ4n) is 2.18. The minimum absolute atomic E-state index is 0.127. The minimum atomic E-state index is -3.63. The molecular weight excluding hydrogens is 294 g/mol. The smallest absolute Gasteiger partial charge is 0.244 e. The van der Waals surface area contributed by atoms with Gasteiger partial charge in [0.2, 0.25) is 10.0 Å². The van der Waals surface area contributed by atoms with Crippen LogP contribution in [0.5, 0.6) is 0 Å². The van der Waals surface area contributed by atoms with Crippen LogP contribution < -0.4 is 4.72 Å². The SMILES string of the molecule is Cc1nn(C)c(C)c1S(=O)(=O)NCCC(O)c1ccoc1. The van der Waals surface area contributed by atoms with Crippen molar-refractivity contribution in [2.45, 2.75) is 31.3 Å². The van der Waals surface area contributed by atoms with Crippen LogP contribution in [0.2, 0.25) is 0 Å². The number of aliphatic hydroxyl groups is 1. The monoisotopic (exact) mass is 313 g/mol. The van der Waals surface area contributed by atoms with Crippen LogP contribution in [0.3, 0.4) is 0 Å². The Morgan fingerprint density at radius 1 is 1.48 bits per heavy atom. The van der Waals surface area contributed by atoms with Crippen molar-refractivity contribution in [2.75, 3.05) is 6.54 Å². The van der Waals surface area contributed by atoms with Crippen molar-refractivity contribution in [1.82, 2.24) is 14.5 Å². The number of hydrogen-bond acceptors (Lipinski definition) is 5. The van der Waals surface area contributed by atoms with E-state index in [9.17, 15) is 13.5 Å². The lowest BCUT2D eigenvalue weighted by Gasteiger charge is -2.10. The molecule has 116 valence electrons. The molecule has 0 amide bonds. The van der Waals surface area contributed by atoms with Gasteiger partial charge >= 0.3 is 0 Å². The van der Waals surface area contributed by atoms with Gasteiger partial charge in [0.15, 0.2) is 0 Å². The van der Waals surface area contributed by atoms with Gasteiger partial charge in [-0.15, -0.1) is 0 Å². The zero-order valence-corrected chi connectivity index (χ0v) is 13.0. The summed E-state index contributed by atoms with van der Waals surface area (Å²) in [7, 11) is -1.93. The Kier molecular flexibility index (Phi) is 4.50. The first kappa shape index (κ1) is 15.7. The maximum Gasteiger partial charge on any atom is 0.244 e. The summed E-state index contributed by atoms with van der Waals surface area (Å²) in [6.45, 7) is 3.49. The van der Waals surface area contributed by atoms with Crippen LogP contribution in [-0.2, 0) is 17.1 Å². The van der Waals surface area contributed by atoms with E-state index in [0.29, 0.717) is 17.0 Å². The second-order valence-corrected chi connectivity index (χ2v) is 6.59. The Morgan fingerprint density at radius 2 is 2.19 bits per heavy atom. The summed E-state index contributed by atoms with van der Waals surface area (Å²) < 4.78 is 33.5. The first-order chi connectivity index (χ1) is 9.83. The summed E-state index contributed by atoms with van der Waals surface area (Å²) >= 11 is 0. The third kappa shape index (κ3) is 3.34. The Morgan fingerprint density at radius 3 is 2.71 bits per heavy atom. The lowest BCUT2D eigenvalue weighted by Crippen LogP contribution is -2.26. The van der Waals surface area contributed by atoms with Gasteiger partial charge in [-0.05, 0) is 26.3 Å². The van der Waals surface area contributed by atoms with Gasteiger partial charge in [-0.3, -0.25) is 4.68 Å². The summed E-state index contributed by atoms with van der Waals surface area (Å²) in [6, 6.07) is 1.65. The number of rotatable bonds is 6. The standard InChI is InChI=1S/C13H19N3O4S/c1-9-13(10(2)16(3)15-9)21(18,19)14-6-4-12(17)11-5-7-20-8-11/h5,7-8,12,14,17H,4,6H2,1-3H3. The lowest BCUT2D eigenvalue weighted by molar-refractivity contribution is 0.168. The first-order valence-corrected chi connectivity index (χ1v) is 8.01. The predicted molar refractivity (Wildman–Crippen MR) is 76.2 cm³/mol. The van der Waals surface area contributed by atoms with Gasteiger partial charge in [-0.1, -0.05) is 0 Å². The Balaban J connectivity index is 2.02. The van der Waals surface area contributed by atoms with Crippen LogP contribution in [0, 0.1) is 13.8 Å². The molecule has 0 saturated carbocycles. The van der Waals surface area contributed by atoms with Crippen molar-refractivity contribution in [3.05, 3.63) is 35.5 Å². The molecule has 0 bridgehead atoms. The Hall–Kier alpha value is -1.64. The van der Waals surface area contributed by atoms with Crippen molar-refractivity contribution in [1.29, 1.82) is 0 Å². The Bertz CT molecular complexity index is 704. The van der Waals surface area contributed by atoms with Crippen molar-refractivity contribution < 1.29 is 17.9 Å². The van der Waals surface area contributed by atoms with Crippen molar-refractivity contribution >= 4 is 10.0 Å². The fourth-order valence-corrected chi connectivity index (χ4v) is 3.66. The summed E-state index contributed by atoms with van der Waals surface area (Å²) in [5, 5.41) is 14.0. The van der Waals surface area contributed by atoms with Crippen LogP contribution in [0.25, 0.3) is 0 Å². The number of hydrogen-bond donors (Lipinski definition) is 2. The summed E-state index contributed by atoms with van der Waals surface area (Å²) in [6.07, 6.45) is 2.40. The highest BCUT2D eigenvalue weighted by molar-refractivity contribution is 7.89. The quantitative estimate of drug-likeness (QED) is 0.830. The van der Waals surface area contributed by atoms with Crippen molar-refractivity contribution in [2.24, 2.45) is 7.05 Å². The van der Waals surface area contributed by atoms with E-state index in [0.717, 1.165) is 0 Å². The molecule has 0 saturated heterocycles. The molecule has 0 radical (unpaired) electrons. The van der Waals surface area contributed by atoms with Crippen LogP contribution in [-0.4, -0.2) is 29.8 Å². The van der Waals surface area contributed by atoms with E-state index in [1.165, 1.54) is 17.2 Å². The molecule has 0 spiro atoms. The van der Waals surface area contributed by atoms with Gasteiger partial charge < -0.3 is 9.52 Å². The molecule has 0 aromatic carbocycles. The van der Waals surface area contributed by atoms with E-state index in [2.05, 4.69) is 9.82 Å². The number of nitrogens with zero attached hydrogens (tertiary/aromatic N) is 2. The van der Waals surface area contributed by atoms with E-state index in [-0.39, 0.29) is 17.9 Å². The molecular formula is C13H19N3O4S. The van der Waals surface area contributed by atoms with E-state index >= 15 is 0 Å². The molecule has 0 aliphatic rings. The number of aromatic nitrogens is 2. The number of furan rings is 1. The summed E-state index contributed by atoms with van der Waals surface area (Å²) in [5.74, 6) is 0. The minimum Gasteiger partial charge on any atom is -0.472 e. The number of nitrogens with one attached hydrogen (secondary N) is 1. The normalized spacial score (nSPS) is 13.5. The Labute approximate surface area is 123 Å². The highest BCUT2D eigenvalue weighted by Gasteiger charge is 2.23. The molecule has 2 heterocycles. The molecule has 0 fully saturated rings. The molecule has 2 N–H and O–H groups in total. The van der Waals surface area contributed by atoms with Gasteiger partial charge in [0, 0.05) is 19.2 Å². The average molecular weight is 313 g/mol. The molecule has 0 aliphatic heterocycles. The molecule has 2 aromatic rings. The fraction of sp³-hybridized carbons (Fsp3) is 0.462.